The predicted molar refractivity (Wildman–Crippen MR) is 74.9 cm³/mol. The summed E-state index contributed by atoms with van der Waals surface area (Å²) in [6, 6.07) is 1.96. The largest absolute Gasteiger partial charge is 0.387 e. The van der Waals surface area contributed by atoms with E-state index in [0.717, 1.165) is 11.4 Å². The van der Waals surface area contributed by atoms with Crippen LogP contribution in [-0.4, -0.2) is 38.1 Å². The Hall–Kier alpha value is -1.78. The average molecular weight is 250 g/mol. The standard InChI is InChI=1S/C13H22N4O/c1-10(2)6-16-13(18)9-17(4)12-5-11(14-3)7-15-8-12/h5,7-8,10,14H,6,9H2,1-4H3,(H,16,18). The molecule has 5 nitrogen and oxygen atoms in total. The third kappa shape index (κ3) is 4.61. The van der Waals surface area contributed by atoms with Gasteiger partial charge in [-0.15, -0.1) is 0 Å². The Morgan fingerprint density at radius 2 is 2.17 bits per heavy atom. The molecule has 0 radical (unpaired) electrons. The number of pyridine rings is 1. The highest BCUT2D eigenvalue weighted by atomic mass is 16.2. The van der Waals surface area contributed by atoms with Crippen LogP contribution in [0.15, 0.2) is 18.5 Å². The molecule has 0 aliphatic rings. The van der Waals surface area contributed by atoms with E-state index in [-0.39, 0.29) is 5.91 Å². The second-order valence-corrected chi connectivity index (χ2v) is 4.74. The molecule has 0 unspecified atom stereocenters. The van der Waals surface area contributed by atoms with Gasteiger partial charge in [0.15, 0.2) is 0 Å². The van der Waals surface area contributed by atoms with Crippen LogP contribution in [0.25, 0.3) is 0 Å². The van der Waals surface area contributed by atoms with Gasteiger partial charge in [-0.25, -0.2) is 0 Å². The van der Waals surface area contributed by atoms with Crippen molar-refractivity contribution in [2.24, 2.45) is 5.92 Å². The first-order chi connectivity index (χ1) is 8.52. The second-order valence-electron chi connectivity index (χ2n) is 4.74. The van der Waals surface area contributed by atoms with E-state index in [1.165, 1.54) is 0 Å². The molecular weight excluding hydrogens is 228 g/mol. The molecule has 1 amide bonds. The van der Waals surface area contributed by atoms with Crippen LogP contribution >= 0.6 is 0 Å². The molecule has 100 valence electrons. The number of nitrogens with zero attached hydrogens (tertiary/aromatic N) is 2. The number of hydrogen-bond acceptors (Lipinski definition) is 4. The summed E-state index contributed by atoms with van der Waals surface area (Å²) in [5.74, 6) is 0.495. The molecule has 1 aromatic heterocycles. The zero-order valence-electron chi connectivity index (χ0n) is 11.5. The lowest BCUT2D eigenvalue weighted by Crippen LogP contribution is -2.36. The van der Waals surface area contributed by atoms with Gasteiger partial charge in [0.2, 0.25) is 5.91 Å². The lowest BCUT2D eigenvalue weighted by molar-refractivity contribution is -0.119. The van der Waals surface area contributed by atoms with Crippen LogP contribution in [0.5, 0.6) is 0 Å². The van der Waals surface area contributed by atoms with Crippen molar-refractivity contribution < 1.29 is 4.79 Å². The van der Waals surface area contributed by atoms with E-state index in [1.54, 1.807) is 12.4 Å². The molecule has 5 heteroatoms. The van der Waals surface area contributed by atoms with E-state index in [0.29, 0.717) is 19.0 Å². The number of carbonyl (C=O) groups is 1. The summed E-state index contributed by atoms with van der Waals surface area (Å²) in [6.07, 6.45) is 3.49. The van der Waals surface area contributed by atoms with E-state index < -0.39 is 0 Å². The molecule has 1 heterocycles. The maximum absolute atomic E-state index is 11.7. The van der Waals surface area contributed by atoms with Crippen LogP contribution in [-0.2, 0) is 4.79 Å². The van der Waals surface area contributed by atoms with Gasteiger partial charge < -0.3 is 15.5 Å². The maximum Gasteiger partial charge on any atom is 0.239 e. The minimum absolute atomic E-state index is 0.0288. The molecule has 0 bridgehead atoms. The summed E-state index contributed by atoms with van der Waals surface area (Å²) in [4.78, 5) is 17.7. The van der Waals surface area contributed by atoms with E-state index in [9.17, 15) is 4.79 Å². The van der Waals surface area contributed by atoms with Crippen LogP contribution in [0.3, 0.4) is 0 Å². The first kappa shape index (κ1) is 14.3. The van der Waals surface area contributed by atoms with Crippen LogP contribution in [0.4, 0.5) is 11.4 Å². The zero-order chi connectivity index (χ0) is 13.5. The Labute approximate surface area is 109 Å². The summed E-state index contributed by atoms with van der Waals surface area (Å²) < 4.78 is 0. The first-order valence-electron chi connectivity index (χ1n) is 6.13. The molecule has 2 N–H and O–H groups in total. The van der Waals surface area contributed by atoms with Crippen LogP contribution in [0, 0.1) is 5.92 Å². The Balaban J connectivity index is 2.53. The summed E-state index contributed by atoms with van der Waals surface area (Å²) in [7, 11) is 3.72. The van der Waals surface area contributed by atoms with Crippen molar-refractivity contribution in [3.8, 4) is 0 Å². The molecule has 0 aliphatic carbocycles. The fourth-order valence-corrected chi connectivity index (χ4v) is 1.45. The number of carbonyl (C=O) groups excluding carboxylic acids is 1. The number of aromatic nitrogens is 1. The molecule has 0 aromatic carbocycles. The molecule has 0 atom stereocenters. The van der Waals surface area contributed by atoms with E-state index in [1.807, 2.05) is 25.1 Å². The summed E-state index contributed by atoms with van der Waals surface area (Å²) in [5.41, 5.74) is 1.85. The molecule has 0 fully saturated rings. The SMILES string of the molecule is CNc1cncc(N(C)CC(=O)NCC(C)C)c1. The number of rotatable bonds is 6. The van der Waals surface area contributed by atoms with Gasteiger partial charge >= 0.3 is 0 Å². The highest BCUT2D eigenvalue weighted by molar-refractivity contribution is 5.81. The number of amides is 1. The topological polar surface area (TPSA) is 57.3 Å². The molecule has 1 rings (SSSR count). The number of hydrogen-bond donors (Lipinski definition) is 2. The van der Waals surface area contributed by atoms with Gasteiger partial charge in [0, 0.05) is 20.6 Å². The van der Waals surface area contributed by atoms with Gasteiger partial charge in [-0.3, -0.25) is 9.78 Å². The minimum Gasteiger partial charge on any atom is -0.387 e. The molecule has 1 aromatic rings. The van der Waals surface area contributed by atoms with E-state index in [2.05, 4.69) is 29.5 Å². The van der Waals surface area contributed by atoms with Gasteiger partial charge in [-0.05, 0) is 12.0 Å². The Morgan fingerprint density at radius 1 is 1.44 bits per heavy atom. The van der Waals surface area contributed by atoms with Crippen molar-refractivity contribution in [3.63, 3.8) is 0 Å². The molecule has 0 aliphatic heterocycles. The molecule has 0 saturated heterocycles. The quantitative estimate of drug-likeness (QED) is 0.800. The highest BCUT2D eigenvalue weighted by Gasteiger charge is 2.08. The first-order valence-corrected chi connectivity index (χ1v) is 6.13. The predicted octanol–water partition coefficient (Wildman–Crippen LogP) is 1.33. The van der Waals surface area contributed by atoms with Crippen LogP contribution < -0.4 is 15.5 Å². The second kappa shape index (κ2) is 6.83. The Morgan fingerprint density at radius 3 is 2.78 bits per heavy atom. The van der Waals surface area contributed by atoms with Gasteiger partial charge in [-0.1, -0.05) is 13.8 Å². The van der Waals surface area contributed by atoms with Gasteiger partial charge in [0.25, 0.3) is 0 Å². The van der Waals surface area contributed by atoms with Gasteiger partial charge in [0.05, 0.1) is 30.3 Å². The third-order valence-corrected chi connectivity index (χ3v) is 2.54. The Kier molecular flexibility index (Phi) is 5.42. The zero-order valence-corrected chi connectivity index (χ0v) is 11.5. The van der Waals surface area contributed by atoms with Crippen molar-refractivity contribution in [2.75, 3.05) is 37.4 Å². The minimum atomic E-state index is 0.0288. The van der Waals surface area contributed by atoms with Crippen LogP contribution in [0.1, 0.15) is 13.8 Å². The van der Waals surface area contributed by atoms with Crippen molar-refractivity contribution in [2.45, 2.75) is 13.8 Å². The van der Waals surface area contributed by atoms with Gasteiger partial charge in [0.1, 0.15) is 0 Å². The average Bonchev–Trinajstić information content (AvgIpc) is 2.36. The van der Waals surface area contributed by atoms with Crippen molar-refractivity contribution in [1.82, 2.24) is 10.3 Å². The summed E-state index contributed by atoms with van der Waals surface area (Å²) >= 11 is 0. The molecule has 0 spiro atoms. The molecule has 18 heavy (non-hydrogen) atoms. The monoisotopic (exact) mass is 250 g/mol. The number of nitrogens with one attached hydrogen (secondary N) is 2. The smallest absolute Gasteiger partial charge is 0.239 e. The van der Waals surface area contributed by atoms with Crippen molar-refractivity contribution >= 4 is 17.3 Å². The number of anilines is 2. The lowest BCUT2D eigenvalue weighted by Gasteiger charge is -2.19. The lowest BCUT2D eigenvalue weighted by atomic mass is 10.2. The highest BCUT2D eigenvalue weighted by Crippen LogP contribution is 2.15. The summed E-state index contributed by atoms with van der Waals surface area (Å²) in [6.45, 7) is 5.19. The number of likely N-dealkylation sites (N-methyl/N-ethyl adjacent to an activating group) is 1. The third-order valence-electron chi connectivity index (χ3n) is 2.54. The normalized spacial score (nSPS) is 10.3. The maximum atomic E-state index is 11.7. The van der Waals surface area contributed by atoms with E-state index >= 15 is 0 Å². The van der Waals surface area contributed by atoms with E-state index in [4.69, 9.17) is 0 Å². The molecule has 0 saturated carbocycles. The fourth-order valence-electron chi connectivity index (χ4n) is 1.45. The van der Waals surface area contributed by atoms with Crippen molar-refractivity contribution in [1.29, 1.82) is 0 Å². The fraction of sp³-hybridized carbons (Fsp3) is 0.538. The molecular formula is C13H22N4O. The van der Waals surface area contributed by atoms with Gasteiger partial charge in [-0.2, -0.15) is 0 Å². The Bertz CT molecular complexity index is 392. The summed E-state index contributed by atoms with van der Waals surface area (Å²) in [5, 5.41) is 5.92. The van der Waals surface area contributed by atoms with Crippen molar-refractivity contribution in [3.05, 3.63) is 18.5 Å². The van der Waals surface area contributed by atoms with Crippen LogP contribution in [0.2, 0.25) is 0 Å².